The van der Waals surface area contributed by atoms with E-state index in [2.05, 4.69) is 32.9 Å². The summed E-state index contributed by atoms with van der Waals surface area (Å²) in [6.07, 6.45) is 16.5. The van der Waals surface area contributed by atoms with Crippen molar-refractivity contribution in [2.75, 3.05) is 19.9 Å². The molecule has 1 unspecified atom stereocenters. The Morgan fingerprint density at radius 2 is 1.80 bits per heavy atom. The molecule has 0 aromatic carbocycles. The molecule has 4 nitrogen and oxygen atoms in total. The molecule has 5 heteroatoms. The van der Waals surface area contributed by atoms with Gasteiger partial charge in [-0.25, -0.2) is 0 Å². The fourth-order valence-electron chi connectivity index (χ4n) is 10.4. The fraction of sp³-hybridized carbons (Fsp3) is 0.933. The molecule has 200 valence electrons. The van der Waals surface area contributed by atoms with Crippen molar-refractivity contribution in [3.05, 3.63) is 12.2 Å². The van der Waals surface area contributed by atoms with Crippen molar-refractivity contribution in [1.29, 1.82) is 0 Å². The van der Waals surface area contributed by atoms with Crippen molar-refractivity contribution in [3.8, 4) is 0 Å². The largest absolute Gasteiger partial charge is 0.381 e. The highest BCUT2D eigenvalue weighted by Crippen LogP contribution is 2.82. The van der Waals surface area contributed by atoms with Crippen LogP contribution in [0.15, 0.2) is 12.2 Å². The van der Waals surface area contributed by atoms with Crippen LogP contribution in [0.25, 0.3) is 0 Å². The van der Waals surface area contributed by atoms with E-state index in [-0.39, 0.29) is 5.92 Å². The van der Waals surface area contributed by atoms with E-state index in [1.807, 2.05) is 14.0 Å². The van der Waals surface area contributed by atoms with E-state index in [4.69, 9.17) is 11.7 Å². The number of rotatable bonds is 8. The summed E-state index contributed by atoms with van der Waals surface area (Å²) in [6, 6.07) is 0. The zero-order chi connectivity index (χ0) is 27.2. The lowest BCUT2D eigenvalue weighted by atomic mass is 9.45. The summed E-state index contributed by atoms with van der Waals surface area (Å²) in [5, 5.41) is 0. The van der Waals surface area contributed by atoms with Gasteiger partial charge in [0.2, 0.25) is 0 Å². The Labute approximate surface area is 217 Å². The van der Waals surface area contributed by atoms with Crippen molar-refractivity contribution in [3.63, 3.8) is 0 Å². The third kappa shape index (κ3) is 4.00. The Balaban J connectivity index is 1.30. The second-order valence-corrected chi connectivity index (χ2v) is 15.3. The standard InChI is InChI=1S/C30H50O4S/c1-19(21(3)18-34-35(7,31)32)8-9-20(2)24-10-11-25-23-16-27(33-6)30-17-22(30)12-15-29(30,5)26(23)13-14-28(24,25)4/h8-9,19-27H,10-18H2,1-7H3/b9-8+/t19-,20+,21?,22+,23-,24+,25-,26-,27+,28+,29+,30-/m0/s1/i18D2. The first-order valence-electron chi connectivity index (χ1n) is 15.2. The van der Waals surface area contributed by atoms with Crippen LogP contribution >= 0.6 is 0 Å². The molecule has 0 aromatic heterocycles. The fourth-order valence-corrected chi connectivity index (χ4v) is 10.7. The van der Waals surface area contributed by atoms with Crippen LogP contribution in [0.2, 0.25) is 0 Å². The molecule has 0 saturated heterocycles. The van der Waals surface area contributed by atoms with Gasteiger partial charge in [-0.3, -0.25) is 4.18 Å². The maximum absolute atomic E-state index is 11.5. The summed E-state index contributed by atoms with van der Waals surface area (Å²) >= 11 is 0. The molecule has 12 atom stereocenters. The predicted molar refractivity (Wildman–Crippen MR) is 141 cm³/mol. The summed E-state index contributed by atoms with van der Waals surface area (Å²) in [5.74, 6) is 3.64. The number of methoxy groups -OCH3 is 1. The lowest BCUT2D eigenvalue weighted by Gasteiger charge is -2.61. The van der Waals surface area contributed by atoms with E-state index >= 15 is 0 Å². The monoisotopic (exact) mass is 508 g/mol. The van der Waals surface area contributed by atoms with E-state index in [1.54, 1.807) is 6.92 Å². The van der Waals surface area contributed by atoms with Gasteiger partial charge < -0.3 is 4.74 Å². The van der Waals surface area contributed by atoms with E-state index in [0.717, 1.165) is 29.9 Å². The Morgan fingerprint density at radius 1 is 1.06 bits per heavy atom. The second kappa shape index (κ2) is 8.83. The van der Waals surface area contributed by atoms with Gasteiger partial charge in [-0.05, 0) is 110 Å². The number of fused-ring (bicyclic) bond motifs is 4. The normalized spacial score (nSPS) is 50.4. The number of ether oxygens (including phenoxy) is 1. The number of hydrogen-bond acceptors (Lipinski definition) is 4. The molecule has 0 amide bonds. The minimum absolute atomic E-state index is 0.134. The topological polar surface area (TPSA) is 52.6 Å². The summed E-state index contributed by atoms with van der Waals surface area (Å²) < 4.78 is 50.4. The van der Waals surface area contributed by atoms with E-state index in [9.17, 15) is 8.42 Å². The van der Waals surface area contributed by atoms with Crippen LogP contribution in [0.5, 0.6) is 0 Å². The van der Waals surface area contributed by atoms with Gasteiger partial charge in [0.1, 0.15) is 0 Å². The first-order valence-corrected chi connectivity index (χ1v) is 16.0. The highest BCUT2D eigenvalue weighted by atomic mass is 32.2. The van der Waals surface area contributed by atoms with Gasteiger partial charge in [0, 0.05) is 12.5 Å². The van der Waals surface area contributed by atoms with Crippen LogP contribution in [0.4, 0.5) is 0 Å². The van der Waals surface area contributed by atoms with E-state index in [0.29, 0.717) is 34.2 Å². The maximum atomic E-state index is 11.5. The quantitative estimate of drug-likeness (QED) is 0.270. The maximum Gasteiger partial charge on any atom is 0.264 e. The first-order chi connectivity index (χ1) is 17.1. The van der Waals surface area contributed by atoms with Gasteiger partial charge >= 0.3 is 0 Å². The molecule has 0 radical (unpaired) electrons. The summed E-state index contributed by atoms with van der Waals surface area (Å²) in [4.78, 5) is 0. The molecule has 5 saturated carbocycles. The first kappa shape index (κ1) is 23.7. The Hall–Kier alpha value is -0.390. The summed E-state index contributed by atoms with van der Waals surface area (Å²) in [6.45, 7) is 9.01. The van der Waals surface area contributed by atoms with Crippen LogP contribution in [-0.2, 0) is 19.0 Å². The Kier molecular flexibility index (Phi) is 5.98. The lowest BCUT2D eigenvalue weighted by Crippen LogP contribution is -2.57. The van der Waals surface area contributed by atoms with Crippen molar-refractivity contribution in [2.45, 2.75) is 92.1 Å². The zero-order valence-corrected chi connectivity index (χ0v) is 23.9. The minimum atomic E-state index is -3.86. The van der Waals surface area contributed by atoms with E-state index in [1.165, 1.54) is 51.4 Å². The number of allylic oxidation sites excluding steroid dienone is 2. The van der Waals surface area contributed by atoms with Crippen LogP contribution in [0.3, 0.4) is 0 Å². The van der Waals surface area contributed by atoms with Crippen molar-refractivity contribution in [2.24, 2.45) is 63.6 Å². The molecule has 0 heterocycles. The van der Waals surface area contributed by atoms with Gasteiger partial charge in [-0.2, -0.15) is 8.42 Å². The molecule has 35 heavy (non-hydrogen) atoms. The molecule has 1 spiro atoms. The zero-order valence-electron chi connectivity index (χ0n) is 25.0. The van der Waals surface area contributed by atoms with Gasteiger partial charge in [0.05, 0.1) is 21.7 Å². The average molecular weight is 509 g/mol. The molecule has 0 aromatic rings. The molecular weight excluding hydrogens is 456 g/mol. The van der Waals surface area contributed by atoms with Crippen molar-refractivity contribution >= 4 is 10.1 Å². The Morgan fingerprint density at radius 3 is 2.46 bits per heavy atom. The number of hydrogen-bond donors (Lipinski definition) is 0. The van der Waals surface area contributed by atoms with Gasteiger partial charge in [-0.1, -0.05) is 46.8 Å². The molecule has 5 rings (SSSR count). The molecule has 0 bridgehead atoms. The van der Waals surface area contributed by atoms with E-state index < -0.39 is 22.6 Å². The van der Waals surface area contributed by atoms with Gasteiger partial charge in [0.15, 0.2) is 0 Å². The SMILES string of the molecule is [2H]C([2H])(OS(C)(=O)=O)C(C)[C@@H](C)/C=C/[C@@H](C)[C@H]1CC[C@H]2[C@@H]3C[C@@H](OC)[C@]45C[C@H]4CC[C@]5(C)[C@H]3CC[C@]12C. The Bertz CT molecular complexity index is 1030. The van der Waals surface area contributed by atoms with Crippen LogP contribution in [0.1, 0.15) is 88.7 Å². The van der Waals surface area contributed by atoms with Gasteiger partial charge in [-0.15, -0.1) is 0 Å². The smallest absolute Gasteiger partial charge is 0.264 e. The van der Waals surface area contributed by atoms with Crippen LogP contribution in [0, 0.1) is 63.6 Å². The van der Waals surface area contributed by atoms with Crippen LogP contribution in [-0.4, -0.2) is 34.4 Å². The third-order valence-corrected chi connectivity index (χ3v) is 12.8. The molecular formula is C30H50O4S. The molecule has 0 N–H and O–H groups in total. The third-order valence-electron chi connectivity index (χ3n) is 12.4. The van der Waals surface area contributed by atoms with Gasteiger partial charge in [0.25, 0.3) is 10.1 Å². The molecule has 5 aliphatic carbocycles. The lowest BCUT2D eigenvalue weighted by molar-refractivity contribution is -0.160. The molecule has 5 aliphatic rings. The summed E-state index contributed by atoms with van der Waals surface area (Å²) in [5.41, 5.74) is 1.28. The molecule has 5 fully saturated rings. The highest BCUT2D eigenvalue weighted by molar-refractivity contribution is 7.85. The minimum Gasteiger partial charge on any atom is -0.381 e. The van der Waals surface area contributed by atoms with Crippen molar-refractivity contribution in [1.82, 2.24) is 0 Å². The molecule has 0 aliphatic heterocycles. The summed E-state index contributed by atoms with van der Waals surface area (Å²) in [7, 11) is -1.90. The second-order valence-electron chi connectivity index (χ2n) is 13.8. The van der Waals surface area contributed by atoms with Crippen molar-refractivity contribution < 1.29 is 20.1 Å². The van der Waals surface area contributed by atoms with Crippen LogP contribution < -0.4 is 0 Å². The predicted octanol–water partition coefficient (Wildman–Crippen LogP) is 6.71. The average Bonchev–Trinajstić information content (AvgIpc) is 3.31. The highest BCUT2D eigenvalue weighted by Gasteiger charge is 2.77.